The quantitative estimate of drug-likeness (QED) is 0.684. The molecule has 0 atom stereocenters. The van der Waals surface area contributed by atoms with Crippen LogP contribution in [0.2, 0.25) is 0 Å². The number of anilines is 1. The van der Waals surface area contributed by atoms with Crippen LogP contribution in [-0.4, -0.2) is 11.0 Å². The summed E-state index contributed by atoms with van der Waals surface area (Å²) in [5.41, 5.74) is 8.11. The molecule has 1 aromatic heterocycles. The molecular formula is C16H16N2O2. The smallest absolute Gasteiger partial charge is 0.338 e. The second-order valence-electron chi connectivity index (χ2n) is 4.41. The van der Waals surface area contributed by atoms with Gasteiger partial charge in [-0.05, 0) is 24.6 Å². The fourth-order valence-electron chi connectivity index (χ4n) is 1.82. The average molecular weight is 268 g/mol. The number of carbonyl (C=O) groups is 1. The van der Waals surface area contributed by atoms with E-state index in [0.717, 1.165) is 5.56 Å². The highest BCUT2D eigenvalue weighted by Crippen LogP contribution is 2.19. The molecule has 4 nitrogen and oxygen atoms in total. The summed E-state index contributed by atoms with van der Waals surface area (Å²) < 4.78 is 5.23. The molecule has 20 heavy (non-hydrogen) atoms. The molecule has 4 heteroatoms. The summed E-state index contributed by atoms with van der Waals surface area (Å²) in [4.78, 5) is 16.1. The Hall–Kier alpha value is -2.62. The third kappa shape index (κ3) is 3.23. The first-order valence-electron chi connectivity index (χ1n) is 6.21. The maximum absolute atomic E-state index is 12.0. The molecule has 0 aliphatic heterocycles. The van der Waals surface area contributed by atoms with Gasteiger partial charge < -0.3 is 10.5 Å². The van der Waals surface area contributed by atoms with Gasteiger partial charge in [0.25, 0.3) is 0 Å². The van der Waals surface area contributed by atoms with E-state index in [1.165, 1.54) is 0 Å². The van der Waals surface area contributed by atoms with Gasteiger partial charge in [0.05, 0.1) is 5.57 Å². The average Bonchev–Trinajstić information content (AvgIpc) is 2.45. The number of benzene rings is 1. The molecule has 0 amide bonds. The molecule has 0 radical (unpaired) electrons. The van der Waals surface area contributed by atoms with E-state index in [0.29, 0.717) is 17.1 Å². The van der Waals surface area contributed by atoms with Crippen LogP contribution >= 0.6 is 0 Å². The largest absolute Gasteiger partial charge is 0.457 e. The van der Waals surface area contributed by atoms with Crippen LogP contribution in [0.15, 0.2) is 49.0 Å². The highest BCUT2D eigenvalue weighted by atomic mass is 16.5. The molecule has 0 spiro atoms. The second-order valence-corrected chi connectivity index (χ2v) is 4.41. The Bertz CT molecular complexity index is 636. The Morgan fingerprint density at radius 1 is 1.25 bits per heavy atom. The van der Waals surface area contributed by atoms with Gasteiger partial charge in [0.1, 0.15) is 12.4 Å². The Morgan fingerprint density at radius 3 is 2.60 bits per heavy atom. The summed E-state index contributed by atoms with van der Waals surface area (Å²) in [6, 6.07) is 12.9. The Kier molecular flexibility index (Phi) is 4.15. The summed E-state index contributed by atoms with van der Waals surface area (Å²) in [6.07, 6.45) is 0. The predicted molar refractivity (Wildman–Crippen MR) is 78.7 cm³/mol. The Labute approximate surface area is 117 Å². The summed E-state index contributed by atoms with van der Waals surface area (Å²) in [6.45, 7) is 5.77. The zero-order chi connectivity index (χ0) is 14.5. The van der Waals surface area contributed by atoms with Gasteiger partial charge in [-0.25, -0.2) is 9.78 Å². The minimum Gasteiger partial charge on any atom is -0.457 e. The lowest BCUT2D eigenvalue weighted by molar-refractivity contribution is -0.137. The number of nitrogen functional groups attached to an aromatic ring is 1. The number of pyridine rings is 1. The van der Waals surface area contributed by atoms with E-state index in [-0.39, 0.29) is 12.2 Å². The van der Waals surface area contributed by atoms with E-state index in [1.807, 2.05) is 30.3 Å². The first kappa shape index (κ1) is 13.8. The van der Waals surface area contributed by atoms with Crippen molar-refractivity contribution in [3.8, 4) is 0 Å². The van der Waals surface area contributed by atoms with Gasteiger partial charge in [0.2, 0.25) is 0 Å². The lowest BCUT2D eigenvalue weighted by Gasteiger charge is -2.09. The molecule has 2 N–H and O–H groups in total. The molecule has 0 aliphatic carbocycles. The fourth-order valence-corrected chi connectivity index (χ4v) is 1.82. The van der Waals surface area contributed by atoms with Crippen molar-refractivity contribution in [2.45, 2.75) is 13.5 Å². The van der Waals surface area contributed by atoms with Crippen LogP contribution in [-0.2, 0) is 16.1 Å². The van der Waals surface area contributed by atoms with Gasteiger partial charge in [-0.15, -0.1) is 0 Å². The highest BCUT2D eigenvalue weighted by molar-refractivity contribution is 6.15. The monoisotopic (exact) mass is 268 g/mol. The van der Waals surface area contributed by atoms with Crippen molar-refractivity contribution in [3.05, 3.63) is 65.9 Å². The summed E-state index contributed by atoms with van der Waals surface area (Å²) in [5, 5.41) is 0. The number of esters is 1. The number of rotatable bonds is 4. The number of carbonyl (C=O) groups excluding carboxylic acids is 1. The Balaban J connectivity index is 2.04. The van der Waals surface area contributed by atoms with Gasteiger partial charge in [0.15, 0.2) is 0 Å². The number of hydrogen-bond donors (Lipinski definition) is 1. The normalized spacial score (nSPS) is 10.1. The van der Waals surface area contributed by atoms with E-state index in [4.69, 9.17) is 10.5 Å². The summed E-state index contributed by atoms with van der Waals surface area (Å²) >= 11 is 0. The van der Waals surface area contributed by atoms with Crippen LogP contribution in [0.3, 0.4) is 0 Å². The standard InChI is InChI=1S/C16H16N2O2/c1-11(14-8-9-15(17)18-12(14)2)16(19)20-10-13-6-4-3-5-7-13/h3-9H,1,10H2,2H3,(H2,17,18). The van der Waals surface area contributed by atoms with E-state index in [2.05, 4.69) is 11.6 Å². The van der Waals surface area contributed by atoms with Crippen LogP contribution in [0, 0.1) is 6.92 Å². The van der Waals surface area contributed by atoms with Gasteiger partial charge in [-0.3, -0.25) is 0 Å². The number of hydrogen-bond acceptors (Lipinski definition) is 4. The minimum absolute atomic E-state index is 0.222. The summed E-state index contributed by atoms with van der Waals surface area (Å²) in [5.74, 6) is -0.0415. The molecule has 0 fully saturated rings. The van der Waals surface area contributed by atoms with Gasteiger partial charge in [0, 0.05) is 11.3 Å². The molecule has 0 saturated carbocycles. The third-order valence-electron chi connectivity index (χ3n) is 2.89. The van der Waals surface area contributed by atoms with Crippen molar-refractivity contribution in [2.75, 3.05) is 5.73 Å². The van der Waals surface area contributed by atoms with Crippen LogP contribution in [0.25, 0.3) is 5.57 Å². The second kappa shape index (κ2) is 6.02. The maximum Gasteiger partial charge on any atom is 0.338 e. The van der Waals surface area contributed by atoms with Crippen molar-refractivity contribution in [1.82, 2.24) is 4.98 Å². The Morgan fingerprint density at radius 2 is 1.95 bits per heavy atom. The zero-order valence-electron chi connectivity index (χ0n) is 11.3. The fraction of sp³-hybridized carbons (Fsp3) is 0.125. The predicted octanol–water partition coefficient (Wildman–Crippen LogP) is 2.73. The number of aromatic nitrogens is 1. The molecule has 1 aromatic carbocycles. The first-order chi connectivity index (χ1) is 9.58. The molecular weight excluding hydrogens is 252 g/mol. The van der Waals surface area contributed by atoms with E-state index < -0.39 is 5.97 Å². The third-order valence-corrected chi connectivity index (χ3v) is 2.89. The van der Waals surface area contributed by atoms with Crippen molar-refractivity contribution >= 4 is 17.4 Å². The maximum atomic E-state index is 12.0. The molecule has 0 bridgehead atoms. The van der Waals surface area contributed by atoms with Crippen LogP contribution in [0.5, 0.6) is 0 Å². The molecule has 2 rings (SSSR count). The van der Waals surface area contributed by atoms with E-state index in [1.54, 1.807) is 19.1 Å². The SMILES string of the molecule is C=C(C(=O)OCc1ccccc1)c1ccc(N)nc1C. The summed E-state index contributed by atoms with van der Waals surface area (Å²) in [7, 11) is 0. The molecule has 1 heterocycles. The number of nitrogens with zero attached hydrogens (tertiary/aromatic N) is 1. The van der Waals surface area contributed by atoms with Crippen LogP contribution in [0.4, 0.5) is 5.82 Å². The van der Waals surface area contributed by atoms with Gasteiger partial charge >= 0.3 is 5.97 Å². The zero-order valence-corrected chi connectivity index (χ0v) is 11.3. The topological polar surface area (TPSA) is 65.2 Å². The first-order valence-corrected chi connectivity index (χ1v) is 6.21. The molecule has 0 unspecified atom stereocenters. The minimum atomic E-state index is -0.455. The van der Waals surface area contributed by atoms with Crippen molar-refractivity contribution < 1.29 is 9.53 Å². The molecule has 102 valence electrons. The highest BCUT2D eigenvalue weighted by Gasteiger charge is 2.14. The lowest BCUT2D eigenvalue weighted by Crippen LogP contribution is -2.08. The lowest BCUT2D eigenvalue weighted by atomic mass is 10.1. The number of ether oxygens (including phenoxy) is 1. The van der Waals surface area contributed by atoms with Crippen molar-refractivity contribution in [3.63, 3.8) is 0 Å². The van der Waals surface area contributed by atoms with Gasteiger partial charge in [-0.1, -0.05) is 36.9 Å². The van der Waals surface area contributed by atoms with E-state index in [9.17, 15) is 4.79 Å². The molecule has 2 aromatic rings. The van der Waals surface area contributed by atoms with Crippen LogP contribution < -0.4 is 5.73 Å². The number of aryl methyl sites for hydroxylation is 1. The van der Waals surface area contributed by atoms with Crippen molar-refractivity contribution in [1.29, 1.82) is 0 Å². The molecule has 0 aliphatic rings. The van der Waals surface area contributed by atoms with Crippen LogP contribution in [0.1, 0.15) is 16.8 Å². The number of nitrogens with two attached hydrogens (primary N) is 1. The van der Waals surface area contributed by atoms with Gasteiger partial charge in [-0.2, -0.15) is 0 Å². The van der Waals surface area contributed by atoms with E-state index >= 15 is 0 Å². The molecule has 0 saturated heterocycles. The van der Waals surface area contributed by atoms with Crippen molar-refractivity contribution in [2.24, 2.45) is 0 Å².